The SMILES string of the molecule is N.N.O.O.O=S(=O)(O)O.O=S(=O)(O)O.O=S(=O)(O)O.[Ce]. The van der Waals surface area contributed by atoms with E-state index in [1.54, 1.807) is 0 Å². The van der Waals surface area contributed by atoms with Gasteiger partial charge in [0, 0.05) is 41.7 Å². The minimum Gasteiger partial charge on any atom is -0.412 e. The standard InChI is InChI=1S/Ce.2H3N.3H2O4S.2H2O/c;;;3*1-5(2,3)4;;/h;2*1H3;3*(H2,1,2,3,4);2*1H2. The average Bonchev–Trinajstić information content (AvgIpc) is 1.41. The van der Waals surface area contributed by atoms with Gasteiger partial charge in [0.2, 0.25) is 0 Å². The third kappa shape index (κ3) is 8760. The monoisotopic (exact) mass is 504 g/mol. The van der Waals surface area contributed by atoms with Gasteiger partial charge in [-0.3, -0.25) is 27.3 Å². The van der Waals surface area contributed by atoms with Crippen molar-refractivity contribution in [3.05, 3.63) is 0 Å². The maximum atomic E-state index is 8.74. The molecule has 0 amide bonds. The summed E-state index contributed by atoms with van der Waals surface area (Å²) < 4.78 is 94.8. The molecule has 0 fully saturated rings. The largest absolute Gasteiger partial charge is 0.412 e. The smallest absolute Gasteiger partial charge is 0.394 e. The molecule has 0 saturated carbocycles. The average molecular weight is 504 g/mol. The molecule has 20 heavy (non-hydrogen) atoms. The molecule has 0 saturated heterocycles. The van der Waals surface area contributed by atoms with Crippen LogP contribution in [0.5, 0.6) is 0 Å². The maximum absolute atomic E-state index is 8.74. The zero-order valence-corrected chi connectivity index (χ0v) is 14.9. The van der Waals surface area contributed by atoms with Crippen LogP contribution < -0.4 is 12.3 Å². The van der Waals surface area contributed by atoms with Gasteiger partial charge in [-0.2, -0.15) is 25.3 Å². The first-order chi connectivity index (χ1) is 6.00. The first-order valence-electron chi connectivity index (χ1n) is 2.10. The first kappa shape index (κ1) is 49.8. The van der Waals surface area contributed by atoms with Gasteiger partial charge in [-0.15, -0.1) is 0 Å². The molecule has 0 aromatic rings. The van der Waals surface area contributed by atoms with E-state index in [0.717, 1.165) is 0 Å². The minimum absolute atomic E-state index is 0. The zero-order valence-electron chi connectivity index (χ0n) is 9.27. The Hall–Kier alpha value is 0.827. The molecule has 0 bridgehead atoms. The Morgan fingerprint density at radius 3 is 0.450 bits per heavy atom. The summed E-state index contributed by atoms with van der Waals surface area (Å²) in [7, 11) is -14.0. The van der Waals surface area contributed by atoms with Gasteiger partial charge in [0.1, 0.15) is 0 Å². The van der Waals surface area contributed by atoms with E-state index in [1.165, 1.54) is 0 Å². The third-order valence-electron chi connectivity index (χ3n) is 0. The summed E-state index contributed by atoms with van der Waals surface area (Å²) in [6.07, 6.45) is 0. The molecule has 0 aliphatic heterocycles. The Morgan fingerprint density at radius 2 is 0.450 bits per heavy atom. The van der Waals surface area contributed by atoms with Crippen molar-refractivity contribution in [3.8, 4) is 0 Å². The van der Waals surface area contributed by atoms with Gasteiger partial charge >= 0.3 is 31.2 Å². The Morgan fingerprint density at radius 1 is 0.450 bits per heavy atom. The molecule has 0 aromatic heterocycles. The number of rotatable bonds is 0. The predicted octanol–water partition coefficient (Wildman–Crippen LogP) is -3.28. The van der Waals surface area contributed by atoms with Crippen LogP contribution in [0.15, 0.2) is 0 Å². The van der Waals surface area contributed by atoms with E-state index in [4.69, 9.17) is 52.6 Å². The summed E-state index contributed by atoms with van der Waals surface area (Å²) >= 11 is 0. The van der Waals surface area contributed by atoms with E-state index in [9.17, 15) is 0 Å². The summed E-state index contributed by atoms with van der Waals surface area (Å²) in [5.74, 6) is 0. The van der Waals surface area contributed by atoms with Crippen LogP contribution >= 0.6 is 0 Å². The van der Waals surface area contributed by atoms with Crippen molar-refractivity contribution in [1.82, 2.24) is 12.3 Å². The summed E-state index contributed by atoms with van der Waals surface area (Å²) in [4.78, 5) is 0. The second-order valence-electron chi connectivity index (χ2n) is 1.34. The molecule has 0 aliphatic carbocycles. The molecule has 132 valence electrons. The van der Waals surface area contributed by atoms with Gasteiger partial charge in [0.15, 0.2) is 0 Å². The molecular formula is H16CeN2O14S3. The molecular weight excluding hydrogens is 488 g/mol. The van der Waals surface area contributed by atoms with Crippen LogP contribution in [0, 0.1) is 41.7 Å². The molecule has 0 heterocycles. The van der Waals surface area contributed by atoms with Crippen LogP contribution in [0.25, 0.3) is 0 Å². The van der Waals surface area contributed by atoms with Crippen molar-refractivity contribution < 1.29 is 105 Å². The molecule has 0 radical (unpaired) electrons. The summed E-state index contributed by atoms with van der Waals surface area (Å²) in [6, 6.07) is 0. The Balaban J connectivity index is -0.0000000160. The van der Waals surface area contributed by atoms with E-state index in [1.807, 2.05) is 0 Å². The fraction of sp³-hybridized carbons (Fsp3) is 0. The van der Waals surface area contributed by atoms with E-state index >= 15 is 0 Å². The fourth-order valence-corrected chi connectivity index (χ4v) is 0. The van der Waals surface area contributed by atoms with Gasteiger partial charge in [-0.05, 0) is 0 Å². The Labute approximate surface area is 147 Å². The van der Waals surface area contributed by atoms with Crippen LogP contribution in [0.2, 0.25) is 0 Å². The molecule has 16 N–H and O–H groups in total. The van der Waals surface area contributed by atoms with Crippen molar-refractivity contribution in [3.63, 3.8) is 0 Å². The van der Waals surface area contributed by atoms with Crippen molar-refractivity contribution in [2.45, 2.75) is 0 Å². The minimum atomic E-state index is -4.67. The number of hydrogen-bond donors (Lipinski definition) is 8. The van der Waals surface area contributed by atoms with Crippen molar-refractivity contribution in [2.24, 2.45) is 0 Å². The van der Waals surface area contributed by atoms with Crippen molar-refractivity contribution in [1.29, 1.82) is 0 Å². The second-order valence-corrected chi connectivity index (χ2v) is 4.03. The molecule has 0 spiro atoms. The summed E-state index contributed by atoms with van der Waals surface area (Å²) in [5.41, 5.74) is 0. The van der Waals surface area contributed by atoms with Gasteiger partial charge in [-0.1, -0.05) is 0 Å². The maximum Gasteiger partial charge on any atom is 0.394 e. The molecule has 0 rings (SSSR count). The van der Waals surface area contributed by atoms with Crippen molar-refractivity contribution in [2.75, 3.05) is 0 Å². The molecule has 0 atom stereocenters. The molecule has 0 aliphatic rings. The zero-order chi connectivity index (χ0) is 13.5. The van der Waals surface area contributed by atoms with Gasteiger partial charge in [-0.25, -0.2) is 0 Å². The second kappa shape index (κ2) is 19.8. The van der Waals surface area contributed by atoms with Crippen LogP contribution in [-0.2, 0) is 31.2 Å². The van der Waals surface area contributed by atoms with Crippen molar-refractivity contribution >= 4 is 31.2 Å². The van der Waals surface area contributed by atoms with Crippen LogP contribution in [0.1, 0.15) is 0 Å². The van der Waals surface area contributed by atoms with E-state index in [2.05, 4.69) is 0 Å². The third-order valence-corrected chi connectivity index (χ3v) is 0. The molecule has 0 unspecified atom stereocenters. The quantitative estimate of drug-likeness (QED) is 0.150. The molecule has 20 heteroatoms. The van der Waals surface area contributed by atoms with Gasteiger partial charge in [0.05, 0.1) is 0 Å². The first-order valence-corrected chi connectivity index (χ1v) is 6.29. The van der Waals surface area contributed by atoms with Crippen LogP contribution in [-0.4, -0.2) is 63.5 Å². The summed E-state index contributed by atoms with van der Waals surface area (Å²) in [5, 5.41) is 0. The topological polar surface area (TPSA) is 357 Å². The van der Waals surface area contributed by atoms with Crippen LogP contribution in [0.3, 0.4) is 0 Å². The predicted molar refractivity (Wildman–Crippen MR) is 59.8 cm³/mol. The Bertz CT molecular complexity index is 347. The summed E-state index contributed by atoms with van der Waals surface area (Å²) in [6.45, 7) is 0. The van der Waals surface area contributed by atoms with E-state index < -0.39 is 31.2 Å². The van der Waals surface area contributed by atoms with E-state index in [0.29, 0.717) is 0 Å². The van der Waals surface area contributed by atoms with Gasteiger partial charge < -0.3 is 23.3 Å². The van der Waals surface area contributed by atoms with Gasteiger partial charge in [0.25, 0.3) is 0 Å². The van der Waals surface area contributed by atoms with Crippen LogP contribution in [0.4, 0.5) is 0 Å². The fourth-order valence-electron chi connectivity index (χ4n) is 0. The molecule has 0 aromatic carbocycles. The Kier molecular flexibility index (Phi) is 49.3. The molecule has 16 nitrogen and oxygen atoms in total. The normalized spacial score (nSPS) is 8.70. The number of hydrogen-bond acceptors (Lipinski definition) is 8. The van der Waals surface area contributed by atoms with E-state index in [-0.39, 0.29) is 65.0 Å².